The SMILES string of the molecule is O=c1cc(CN2CCO[C@@H](C(F)(F)F)C2)[nH]c(=O)[nH]1. The van der Waals surface area contributed by atoms with Crippen LogP contribution >= 0.6 is 0 Å². The molecule has 9 heteroatoms. The van der Waals surface area contributed by atoms with Crippen LogP contribution in [0.2, 0.25) is 0 Å². The molecular formula is C10H12F3N3O3. The molecule has 0 spiro atoms. The number of alkyl halides is 3. The van der Waals surface area contributed by atoms with E-state index in [0.717, 1.165) is 6.07 Å². The van der Waals surface area contributed by atoms with Gasteiger partial charge in [-0.25, -0.2) is 4.79 Å². The maximum absolute atomic E-state index is 12.5. The molecule has 1 atom stereocenters. The largest absolute Gasteiger partial charge is 0.415 e. The standard InChI is InChI=1S/C10H12F3N3O3/c11-10(12,13)7-5-16(1-2-19-7)4-6-3-8(17)15-9(18)14-6/h3,7H,1-2,4-5H2,(H2,14,15,17,18)/t7-/m1/s1. The van der Waals surface area contributed by atoms with Crippen LogP contribution in [0.25, 0.3) is 0 Å². The van der Waals surface area contributed by atoms with Gasteiger partial charge in [0.1, 0.15) is 0 Å². The lowest BCUT2D eigenvalue weighted by atomic mass is 10.2. The summed E-state index contributed by atoms with van der Waals surface area (Å²) in [5.41, 5.74) is -0.987. The number of morpholine rings is 1. The lowest BCUT2D eigenvalue weighted by Gasteiger charge is -2.33. The molecule has 1 aliphatic heterocycles. The third-order valence-corrected chi connectivity index (χ3v) is 2.73. The third-order valence-electron chi connectivity index (χ3n) is 2.73. The van der Waals surface area contributed by atoms with Crippen molar-refractivity contribution in [1.29, 1.82) is 0 Å². The Hall–Kier alpha value is -1.61. The van der Waals surface area contributed by atoms with Gasteiger partial charge in [-0.15, -0.1) is 0 Å². The van der Waals surface area contributed by atoms with Crippen LogP contribution in [0.4, 0.5) is 13.2 Å². The van der Waals surface area contributed by atoms with Gasteiger partial charge in [-0.05, 0) is 0 Å². The first-order chi connectivity index (χ1) is 8.84. The lowest BCUT2D eigenvalue weighted by Crippen LogP contribution is -2.49. The van der Waals surface area contributed by atoms with Gasteiger partial charge in [0.15, 0.2) is 6.10 Å². The zero-order valence-corrected chi connectivity index (χ0v) is 9.79. The van der Waals surface area contributed by atoms with Crippen molar-refractivity contribution >= 4 is 0 Å². The molecule has 0 saturated carbocycles. The van der Waals surface area contributed by atoms with E-state index in [4.69, 9.17) is 0 Å². The maximum Gasteiger partial charge on any atom is 0.415 e. The van der Waals surface area contributed by atoms with Crippen molar-refractivity contribution in [3.05, 3.63) is 32.6 Å². The molecule has 0 unspecified atom stereocenters. The zero-order chi connectivity index (χ0) is 14.0. The van der Waals surface area contributed by atoms with Gasteiger partial charge in [-0.2, -0.15) is 13.2 Å². The lowest BCUT2D eigenvalue weighted by molar-refractivity contribution is -0.237. The van der Waals surface area contributed by atoms with Gasteiger partial charge in [0, 0.05) is 31.4 Å². The summed E-state index contributed by atoms with van der Waals surface area (Å²) in [7, 11) is 0. The Balaban J connectivity index is 2.07. The fraction of sp³-hybridized carbons (Fsp3) is 0.600. The molecule has 2 rings (SSSR count). The summed E-state index contributed by atoms with van der Waals surface area (Å²) in [6.45, 7) is 0.00639. The number of aromatic nitrogens is 2. The highest BCUT2D eigenvalue weighted by Crippen LogP contribution is 2.25. The molecule has 2 heterocycles. The van der Waals surface area contributed by atoms with Crippen LogP contribution in [-0.4, -0.2) is 46.8 Å². The number of nitrogens with one attached hydrogen (secondary N) is 2. The fourth-order valence-electron chi connectivity index (χ4n) is 1.89. The van der Waals surface area contributed by atoms with Crippen LogP contribution in [0.1, 0.15) is 5.69 Å². The predicted molar refractivity (Wildman–Crippen MR) is 58.8 cm³/mol. The molecule has 0 bridgehead atoms. The summed E-state index contributed by atoms with van der Waals surface area (Å²) in [6, 6.07) is 1.15. The first kappa shape index (κ1) is 13.8. The number of ether oxygens (including phenoxy) is 1. The van der Waals surface area contributed by atoms with Gasteiger partial charge >= 0.3 is 11.9 Å². The Morgan fingerprint density at radius 2 is 2.11 bits per heavy atom. The van der Waals surface area contributed by atoms with Crippen LogP contribution in [0.5, 0.6) is 0 Å². The first-order valence-electron chi connectivity index (χ1n) is 5.58. The van der Waals surface area contributed by atoms with Gasteiger partial charge in [0.2, 0.25) is 0 Å². The highest BCUT2D eigenvalue weighted by atomic mass is 19.4. The van der Waals surface area contributed by atoms with Gasteiger partial charge in [0.05, 0.1) is 6.61 Å². The molecular weight excluding hydrogens is 267 g/mol. The third kappa shape index (κ3) is 3.67. The topological polar surface area (TPSA) is 78.2 Å². The predicted octanol–water partition coefficient (Wildman–Crippen LogP) is -0.174. The first-order valence-corrected chi connectivity index (χ1v) is 5.58. The molecule has 106 valence electrons. The molecule has 2 N–H and O–H groups in total. The van der Waals surface area contributed by atoms with E-state index in [9.17, 15) is 22.8 Å². The smallest absolute Gasteiger partial charge is 0.366 e. The number of nitrogens with zero attached hydrogens (tertiary/aromatic N) is 1. The molecule has 0 radical (unpaired) electrons. The van der Waals surface area contributed by atoms with Gasteiger partial charge < -0.3 is 9.72 Å². The van der Waals surface area contributed by atoms with E-state index < -0.39 is 23.5 Å². The van der Waals surface area contributed by atoms with E-state index >= 15 is 0 Å². The second-order valence-corrected chi connectivity index (χ2v) is 4.25. The number of halogens is 3. The second kappa shape index (κ2) is 5.17. The van der Waals surface area contributed by atoms with Crippen molar-refractivity contribution in [2.75, 3.05) is 19.7 Å². The summed E-state index contributed by atoms with van der Waals surface area (Å²) in [4.78, 5) is 28.0. The monoisotopic (exact) mass is 279 g/mol. The Morgan fingerprint density at radius 1 is 1.37 bits per heavy atom. The molecule has 0 aromatic carbocycles. The van der Waals surface area contributed by atoms with Crippen molar-refractivity contribution in [1.82, 2.24) is 14.9 Å². The normalized spacial score (nSPS) is 21.5. The van der Waals surface area contributed by atoms with Crippen LogP contribution in [0, 0.1) is 0 Å². The average Bonchev–Trinajstić information content (AvgIpc) is 2.26. The molecule has 6 nitrogen and oxygen atoms in total. The summed E-state index contributed by atoms with van der Waals surface area (Å²) < 4.78 is 42.2. The zero-order valence-electron chi connectivity index (χ0n) is 9.79. The van der Waals surface area contributed by atoms with Crippen molar-refractivity contribution in [3.8, 4) is 0 Å². The number of rotatable bonds is 2. The van der Waals surface area contributed by atoms with Gasteiger partial charge in [0.25, 0.3) is 5.56 Å². The van der Waals surface area contributed by atoms with E-state index in [1.807, 2.05) is 4.98 Å². The molecule has 0 amide bonds. The Kier molecular flexibility index (Phi) is 3.76. The van der Waals surface area contributed by atoms with Crippen LogP contribution in [-0.2, 0) is 11.3 Å². The fourth-order valence-corrected chi connectivity index (χ4v) is 1.89. The molecule has 1 aromatic heterocycles. The number of hydrogen-bond acceptors (Lipinski definition) is 4. The quantitative estimate of drug-likeness (QED) is 0.787. The molecule has 19 heavy (non-hydrogen) atoms. The van der Waals surface area contributed by atoms with E-state index in [1.54, 1.807) is 0 Å². The van der Waals surface area contributed by atoms with Crippen LogP contribution in [0.15, 0.2) is 15.7 Å². The maximum atomic E-state index is 12.5. The molecule has 0 aliphatic carbocycles. The molecule has 1 saturated heterocycles. The summed E-state index contributed by atoms with van der Waals surface area (Å²) in [6.07, 6.45) is -6.25. The molecule has 1 aliphatic rings. The summed E-state index contributed by atoms with van der Waals surface area (Å²) in [5.74, 6) is 0. The van der Waals surface area contributed by atoms with Crippen molar-refractivity contribution < 1.29 is 17.9 Å². The number of hydrogen-bond donors (Lipinski definition) is 2. The minimum absolute atomic E-state index is 0.0440. The minimum atomic E-state index is -4.42. The average molecular weight is 279 g/mol. The van der Waals surface area contributed by atoms with Gasteiger partial charge in [-0.3, -0.25) is 14.7 Å². The minimum Gasteiger partial charge on any atom is -0.366 e. The Bertz CT molecular complexity index is 523. The number of aromatic amines is 2. The van der Waals surface area contributed by atoms with Gasteiger partial charge in [-0.1, -0.05) is 0 Å². The van der Waals surface area contributed by atoms with Crippen LogP contribution < -0.4 is 11.2 Å². The number of H-pyrrole nitrogens is 2. The van der Waals surface area contributed by atoms with E-state index in [-0.39, 0.29) is 25.4 Å². The van der Waals surface area contributed by atoms with Crippen molar-refractivity contribution in [2.24, 2.45) is 0 Å². The second-order valence-electron chi connectivity index (χ2n) is 4.25. The Labute approximate surface area is 105 Å². The van der Waals surface area contributed by atoms with E-state index in [1.165, 1.54) is 4.90 Å². The van der Waals surface area contributed by atoms with Crippen LogP contribution in [0.3, 0.4) is 0 Å². The molecule has 1 fully saturated rings. The van der Waals surface area contributed by atoms with Crippen molar-refractivity contribution in [3.63, 3.8) is 0 Å². The van der Waals surface area contributed by atoms with E-state index in [2.05, 4.69) is 9.72 Å². The summed E-state index contributed by atoms with van der Waals surface area (Å²) >= 11 is 0. The van der Waals surface area contributed by atoms with Crippen molar-refractivity contribution in [2.45, 2.75) is 18.8 Å². The molecule has 1 aromatic rings. The Morgan fingerprint density at radius 3 is 2.74 bits per heavy atom. The van der Waals surface area contributed by atoms with E-state index in [0.29, 0.717) is 6.54 Å². The summed E-state index contributed by atoms with van der Waals surface area (Å²) in [5, 5.41) is 0. The highest BCUT2D eigenvalue weighted by Gasteiger charge is 2.43. The highest BCUT2D eigenvalue weighted by molar-refractivity contribution is 4.99.